The average molecular weight is 469 g/mol. The number of aromatic amines is 1. The molecule has 1 aliphatic rings. The highest BCUT2D eigenvalue weighted by atomic mass is 32.2. The number of alkyl halides is 2. The molecule has 0 saturated heterocycles. The summed E-state index contributed by atoms with van der Waals surface area (Å²) in [6, 6.07) is 17.4. The normalized spacial score (nSPS) is 19.5. The van der Waals surface area contributed by atoms with E-state index in [9.17, 15) is 13.6 Å². The molecular weight excluding hydrogens is 446 g/mol. The van der Waals surface area contributed by atoms with Crippen LogP contribution in [0.2, 0.25) is 0 Å². The smallest absolute Gasteiger partial charge is 0.249 e. The molecule has 3 aromatic rings. The van der Waals surface area contributed by atoms with Gasteiger partial charge in [-0.2, -0.15) is 10.5 Å². The summed E-state index contributed by atoms with van der Waals surface area (Å²) in [5, 5.41) is 25.1. The molecule has 2 aromatic carbocycles. The van der Waals surface area contributed by atoms with Crippen LogP contribution in [0.5, 0.6) is 0 Å². The Labute approximate surface area is 194 Å². The molecule has 1 saturated carbocycles. The molecule has 170 valence electrons. The first-order valence-corrected chi connectivity index (χ1v) is 11.5. The summed E-state index contributed by atoms with van der Waals surface area (Å²) in [5.41, 5.74) is 2.74. The van der Waals surface area contributed by atoms with Gasteiger partial charge in [-0.1, -0.05) is 41.6 Å². The monoisotopic (exact) mass is 468 g/mol. The van der Waals surface area contributed by atoms with Crippen molar-refractivity contribution in [2.24, 2.45) is 5.92 Å². The molecule has 7 nitrogen and oxygen atoms in total. The number of hydrogen-bond donors (Lipinski definition) is 2. The quantitative estimate of drug-likeness (QED) is 0.395. The first kappa shape index (κ1) is 22.9. The predicted octanol–water partition coefficient (Wildman–Crippen LogP) is 4.32. The number of benzene rings is 2. The number of nitriles is 1. The van der Waals surface area contributed by atoms with E-state index < -0.39 is 24.2 Å². The van der Waals surface area contributed by atoms with E-state index in [4.69, 9.17) is 5.26 Å². The van der Waals surface area contributed by atoms with E-state index in [-0.39, 0.29) is 25.3 Å². The Bertz CT molecular complexity index is 1130. The summed E-state index contributed by atoms with van der Waals surface area (Å²) in [4.78, 5) is 13.7. The number of hydrogen-bond acceptors (Lipinski definition) is 6. The molecule has 1 heterocycles. The molecule has 2 unspecified atom stereocenters. The molecule has 4 rings (SSSR count). The number of aromatic nitrogens is 4. The van der Waals surface area contributed by atoms with E-state index in [1.807, 2.05) is 54.6 Å². The van der Waals surface area contributed by atoms with Gasteiger partial charge < -0.3 is 5.32 Å². The van der Waals surface area contributed by atoms with E-state index in [0.29, 0.717) is 11.6 Å². The van der Waals surface area contributed by atoms with Crippen molar-refractivity contribution in [1.82, 2.24) is 25.9 Å². The van der Waals surface area contributed by atoms with Gasteiger partial charge in [0.1, 0.15) is 6.54 Å². The third-order valence-electron chi connectivity index (χ3n) is 5.79. The van der Waals surface area contributed by atoms with Crippen molar-refractivity contribution in [1.29, 1.82) is 5.26 Å². The second-order valence-corrected chi connectivity index (χ2v) is 8.96. The minimum atomic E-state index is -2.89. The SMILES string of the molecule is N#CCNC(=O)C1CC(F)(F)CCC1c1ccccc1-c1ccc(SCc2nn[nH]n2)cc1. The second-order valence-electron chi connectivity index (χ2n) is 7.92. The standard InChI is InChI=1S/C23H22F2N6OS/c24-23(25)10-9-19(20(13-23)22(32)27-12-11-26)18-4-2-1-3-17(18)15-5-7-16(8-6-15)33-14-21-28-30-31-29-21/h1-8,19-20H,9-10,12-14H2,(H,27,32)(H,28,29,30,31). The minimum Gasteiger partial charge on any atom is -0.343 e. The van der Waals surface area contributed by atoms with Crippen molar-refractivity contribution in [3.63, 3.8) is 0 Å². The molecule has 0 spiro atoms. The van der Waals surface area contributed by atoms with Crippen LogP contribution in [0.15, 0.2) is 53.4 Å². The Morgan fingerprint density at radius 3 is 2.76 bits per heavy atom. The fraction of sp³-hybridized carbons (Fsp3) is 0.348. The highest BCUT2D eigenvalue weighted by molar-refractivity contribution is 7.98. The van der Waals surface area contributed by atoms with Crippen molar-refractivity contribution in [3.8, 4) is 17.2 Å². The lowest BCUT2D eigenvalue weighted by atomic mass is 9.72. The third-order valence-corrected chi connectivity index (χ3v) is 6.79. The number of amides is 1. The first-order valence-electron chi connectivity index (χ1n) is 10.5. The largest absolute Gasteiger partial charge is 0.343 e. The highest BCUT2D eigenvalue weighted by Gasteiger charge is 2.45. The van der Waals surface area contributed by atoms with Crippen LogP contribution in [0.25, 0.3) is 11.1 Å². The Morgan fingerprint density at radius 2 is 2.03 bits per heavy atom. The van der Waals surface area contributed by atoms with Gasteiger partial charge in [-0.3, -0.25) is 4.79 Å². The number of halogens is 2. The molecular formula is C23H22F2N6OS. The van der Waals surface area contributed by atoms with Gasteiger partial charge in [0.15, 0.2) is 5.82 Å². The zero-order chi connectivity index (χ0) is 23.3. The zero-order valence-corrected chi connectivity index (χ0v) is 18.5. The van der Waals surface area contributed by atoms with Crippen molar-refractivity contribution >= 4 is 17.7 Å². The van der Waals surface area contributed by atoms with Gasteiger partial charge in [-0.25, -0.2) is 8.78 Å². The van der Waals surface area contributed by atoms with Crippen LogP contribution >= 0.6 is 11.8 Å². The lowest BCUT2D eigenvalue weighted by molar-refractivity contribution is -0.133. The van der Waals surface area contributed by atoms with Crippen LogP contribution in [0.1, 0.15) is 36.6 Å². The van der Waals surface area contributed by atoms with Crippen molar-refractivity contribution in [2.75, 3.05) is 6.54 Å². The summed E-state index contributed by atoms with van der Waals surface area (Å²) in [6.45, 7) is -0.196. The topological polar surface area (TPSA) is 107 Å². The minimum absolute atomic E-state index is 0.196. The zero-order valence-electron chi connectivity index (χ0n) is 17.7. The van der Waals surface area contributed by atoms with Crippen LogP contribution in [-0.2, 0) is 10.5 Å². The molecule has 1 fully saturated rings. The number of rotatable bonds is 7. The van der Waals surface area contributed by atoms with Gasteiger partial charge in [-0.15, -0.1) is 22.0 Å². The Balaban J connectivity index is 1.58. The fourth-order valence-electron chi connectivity index (χ4n) is 4.24. The number of thioether (sulfide) groups is 1. The van der Waals surface area contributed by atoms with Crippen molar-refractivity contribution < 1.29 is 13.6 Å². The van der Waals surface area contributed by atoms with Crippen LogP contribution in [-0.4, -0.2) is 39.0 Å². The van der Waals surface area contributed by atoms with Crippen molar-refractivity contribution in [3.05, 3.63) is 59.9 Å². The van der Waals surface area contributed by atoms with Gasteiger partial charge in [0, 0.05) is 17.7 Å². The maximum atomic E-state index is 14.2. The van der Waals surface area contributed by atoms with Gasteiger partial charge in [0.2, 0.25) is 11.8 Å². The number of tetrazole rings is 1. The maximum absolute atomic E-state index is 14.2. The molecule has 1 aromatic heterocycles. The van der Waals surface area contributed by atoms with E-state index in [1.165, 1.54) is 0 Å². The predicted molar refractivity (Wildman–Crippen MR) is 119 cm³/mol. The highest BCUT2D eigenvalue weighted by Crippen LogP contribution is 2.47. The number of carbonyl (C=O) groups excluding carboxylic acids is 1. The van der Waals surface area contributed by atoms with Crippen LogP contribution in [0.3, 0.4) is 0 Å². The molecule has 1 aliphatic carbocycles. The molecule has 0 bridgehead atoms. The summed E-state index contributed by atoms with van der Waals surface area (Å²) in [6.07, 6.45) is -0.581. The van der Waals surface area contributed by atoms with E-state index in [0.717, 1.165) is 21.6 Å². The molecule has 33 heavy (non-hydrogen) atoms. The average Bonchev–Trinajstić information content (AvgIpc) is 3.35. The first-order chi connectivity index (χ1) is 16.0. The summed E-state index contributed by atoms with van der Waals surface area (Å²) in [5.74, 6) is -3.44. The third kappa shape index (κ3) is 5.54. The van der Waals surface area contributed by atoms with E-state index >= 15 is 0 Å². The van der Waals surface area contributed by atoms with Gasteiger partial charge in [0.05, 0.1) is 17.7 Å². The van der Waals surface area contributed by atoms with Crippen LogP contribution in [0.4, 0.5) is 8.78 Å². The Morgan fingerprint density at radius 1 is 1.24 bits per heavy atom. The molecule has 1 amide bonds. The summed E-state index contributed by atoms with van der Waals surface area (Å²) in [7, 11) is 0. The van der Waals surface area contributed by atoms with Gasteiger partial charge in [0.25, 0.3) is 0 Å². The lowest BCUT2D eigenvalue weighted by Gasteiger charge is -2.36. The molecule has 2 N–H and O–H groups in total. The molecule has 2 atom stereocenters. The number of carbonyl (C=O) groups is 1. The molecule has 10 heteroatoms. The number of nitrogens with zero attached hydrogens (tertiary/aromatic N) is 4. The number of nitrogens with one attached hydrogen (secondary N) is 2. The number of H-pyrrole nitrogens is 1. The van der Waals surface area contributed by atoms with E-state index in [1.54, 1.807) is 11.8 Å². The fourth-order valence-corrected chi connectivity index (χ4v) is 4.99. The van der Waals surface area contributed by atoms with Gasteiger partial charge >= 0.3 is 0 Å². The van der Waals surface area contributed by atoms with Crippen LogP contribution in [0, 0.1) is 17.2 Å². The lowest BCUT2D eigenvalue weighted by Crippen LogP contribution is -2.41. The molecule has 0 radical (unpaired) electrons. The summed E-state index contributed by atoms with van der Waals surface area (Å²) < 4.78 is 28.4. The maximum Gasteiger partial charge on any atom is 0.249 e. The van der Waals surface area contributed by atoms with Gasteiger partial charge in [-0.05, 0) is 41.2 Å². The Kier molecular flexibility index (Phi) is 6.99. The molecule has 0 aliphatic heterocycles. The summed E-state index contributed by atoms with van der Waals surface area (Å²) >= 11 is 1.58. The Hall–Kier alpha value is -3.32. The second kappa shape index (κ2) is 10.1. The van der Waals surface area contributed by atoms with E-state index in [2.05, 4.69) is 25.9 Å². The van der Waals surface area contributed by atoms with Crippen LogP contribution < -0.4 is 5.32 Å². The van der Waals surface area contributed by atoms with Crippen molar-refractivity contribution in [2.45, 2.75) is 41.8 Å².